The third-order valence-electron chi connectivity index (χ3n) is 4.17. The van der Waals surface area contributed by atoms with Gasteiger partial charge in [-0.15, -0.1) is 0 Å². The predicted octanol–water partition coefficient (Wildman–Crippen LogP) is 1.42. The first-order chi connectivity index (χ1) is 9.76. The van der Waals surface area contributed by atoms with Crippen molar-refractivity contribution in [2.45, 2.75) is 25.0 Å². The van der Waals surface area contributed by atoms with Crippen LogP contribution in [0, 0.1) is 11.3 Å². The lowest BCUT2D eigenvalue weighted by Crippen LogP contribution is -2.48. The fourth-order valence-corrected chi connectivity index (χ4v) is 3.02. The summed E-state index contributed by atoms with van der Waals surface area (Å²) in [6.07, 6.45) is 2.79. The number of hydrogen-bond acceptors (Lipinski definition) is 5. The molecule has 2 aliphatic heterocycles. The zero-order valence-corrected chi connectivity index (χ0v) is 11.5. The Balaban J connectivity index is 1.54. The summed E-state index contributed by atoms with van der Waals surface area (Å²) in [6, 6.07) is 8.14. The molecule has 2 unspecified atom stereocenters. The van der Waals surface area contributed by atoms with Crippen molar-refractivity contribution >= 4 is 11.4 Å². The molecule has 0 spiro atoms. The lowest BCUT2D eigenvalue weighted by atomic mass is 10.1. The maximum atomic E-state index is 8.85. The molecular weight excluding hydrogens is 252 g/mol. The number of nitrogens with two attached hydrogens (primary N) is 1. The fourth-order valence-electron chi connectivity index (χ4n) is 3.02. The molecule has 0 radical (unpaired) electrons. The lowest BCUT2D eigenvalue weighted by Gasteiger charge is -2.35. The summed E-state index contributed by atoms with van der Waals surface area (Å²) in [4.78, 5) is 2.53. The summed E-state index contributed by atoms with van der Waals surface area (Å²) in [6.45, 7) is 3.83. The highest BCUT2D eigenvalue weighted by molar-refractivity contribution is 5.62. The number of nitrogen functional groups attached to an aromatic ring is 1. The van der Waals surface area contributed by atoms with Crippen molar-refractivity contribution in [1.82, 2.24) is 4.90 Å². The van der Waals surface area contributed by atoms with E-state index >= 15 is 0 Å². The molecule has 5 heteroatoms. The van der Waals surface area contributed by atoms with Gasteiger partial charge >= 0.3 is 0 Å². The number of hydrogen-bond donors (Lipinski definition) is 2. The molecule has 3 N–H and O–H groups in total. The molecule has 20 heavy (non-hydrogen) atoms. The SMILES string of the molecule is N#Cc1ccc(NCC2CN3CCCC3CO2)cc1N. The second-order valence-electron chi connectivity index (χ2n) is 5.54. The van der Waals surface area contributed by atoms with Gasteiger partial charge in [-0.05, 0) is 37.6 Å². The van der Waals surface area contributed by atoms with Crippen LogP contribution >= 0.6 is 0 Å². The van der Waals surface area contributed by atoms with Crippen molar-refractivity contribution in [3.63, 3.8) is 0 Å². The Morgan fingerprint density at radius 3 is 3.20 bits per heavy atom. The van der Waals surface area contributed by atoms with Crippen LogP contribution in [0.25, 0.3) is 0 Å². The second-order valence-corrected chi connectivity index (χ2v) is 5.54. The molecular formula is C15H20N4O. The number of anilines is 2. The predicted molar refractivity (Wildman–Crippen MR) is 78.4 cm³/mol. The van der Waals surface area contributed by atoms with Gasteiger partial charge in [0.25, 0.3) is 0 Å². The molecule has 2 heterocycles. The monoisotopic (exact) mass is 272 g/mol. The largest absolute Gasteiger partial charge is 0.398 e. The van der Waals surface area contributed by atoms with E-state index in [0.717, 1.165) is 25.4 Å². The highest BCUT2D eigenvalue weighted by atomic mass is 16.5. The lowest BCUT2D eigenvalue weighted by molar-refractivity contribution is -0.0415. The molecule has 2 fully saturated rings. The average molecular weight is 272 g/mol. The number of fused-ring (bicyclic) bond motifs is 1. The van der Waals surface area contributed by atoms with E-state index in [1.165, 1.54) is 19.4 Å². The minimum Gasteiger partial charge on any atom is -0.398 e. The molecule has 0 saturated carbocycles. The van der Waals surface area contributed by atoms with Crippen LogP contribution in [-0.4, -0.2) is 43.3 Å². The van der Waals surface area contributed by atoms with Gasteiger partial charge in [0, 0.05) is 24.8 Å². The average Bonchev–Trinajstić information content (AvgIpc) is 2.92. The molecule has 0 aliphatic carbocycles. The van der Waals surface area contributed by atoms with Crippen molar-refractivity contribution in [3.05, 3.63) is 23.8 Å². The van der Waals surface area contributed by atoms with Gasteiger partial charge in [0.2, 0.25) is 0 Å². The number of nitrogens with one attached hydrogen (secondary N) is 1. The van der Waals surface area contributed by atoms with E-state index in [2.05, 4.69) is 16.3 Å². The van der Waals surface area contributed by atoms with Gasteiger partial charge < -0.3 is 15.8 Å². The van der Waals surface area contributed by atoms with Gasteiger partial charge in [-0.3, -0.25) is 4.90 Å². The van der Waals surface area contributed by atoms with E-state index in [4.69, 9.17) is 15.7 Å². The second kappa shape index (κ2) is 5.70. The summed E-state index contributed by atoms with van der Waals surface area (Å²) in [7, 11) is 0. The van der Waals surface area contributed by atoms with Gasteiger partial charge in [-0.1, -0.05) is 0 Å². The normalized spacial score (nSPS) is 25.9. The van der Waals surface area contributed by atoms with Gasteiger partial charge in [-0.25, -0.2) is 0 Å². The summed E-state index contributed by atoms with van der Waals surface area (Å²) < 4.78 is 5.90. The van der Waals surface area contributed by atoms with E-state index in [1.54, 1.807) is 12.1 Å². The highest BCUT2D eigenvalue weighted by Gasteiger charge is 2.31. The summed E-state index contributed by atoms with van der Waals surface area (Å²) in [5.41, 5.74) is 7.78. The highest BCUT2D eigenvalue weighted by Crippen LogP contribution is 2.23. The number of rotatable bonds is 3. The molecule has 0 aromatic heterocycles. The first kappa shape index (κ1) is 13.2. The molecule has 5 nitrogen and oxygen atoms in total. The third kappa shape index (κ3) is 2.72. The quantitative estimate of drug-likeness (QED) is 0.814. The Bertz CT molecular complexity index is 525. The summed E-state index contributed by atoms with van der Waals surface area (Å²) in [5, 5.41) is 12.2. The molecule has 3 rings (SSSR count). The van der Waals surface area contributed by atoms with Gasteiger partial charge in [0.1, 0.15) is 6.07 Å². The van der Waals surface area contributed by atoms with Crippen molar-refractivity contribution < 1.29 is 4.74 Å². The summed E-state index contributed by atoms with van der Waals surface area (Å²) in [5.74, 6) is 0. The van der Waals surface area contributed by atoms with Crippen LogP contribution in [0.3, 0.4) is 0 Å². The van der Waals surface area contributed by atoms with E-state index < -0.39 is 0 Å². The van der Waals surface area contributed by atoms with E-state index in [9.17, 15) is 0 Å². The topological polar surface area (TPSA) is 74.3 Å². The van der Waals surface area contributed by atoms with Crippen molar-refractivity contribution in [1.29, 1.82) is 5.26 Å². The smallest absolute Gasteiger partial charge is 0.101 e. The number of nitrogens with zero attached hydrogens (tertiary/aromatic N) is 2. The Kier molecular flexibility index (Phi) is 3.77. The first-order valence-electron chi connectivity index (χ1n) is 7.15. The number of ether oxygens (including phenoxy) is 1. The Labute approximate surface area is 119 Å². The molecule has 106 valence electrons. The van der Waals surface area contributed by atoms with Crippen molar-refractivity contribution in [2.24, 2.45) is 0 Å². The van der Waals surface area contributed by atoms with Crippen LogP contribution in [0.5, 0.6) is 0 Å². The van der Waals surface area contributed by atoms with E-state index in [0.29, 0.717) is 17.3 Å². The van der Waals surface area contributed by atoms with Crippen molar-refractivity contribution in [2.75, 3.05) is 37.3 Å². The zero-order valence-electron chi connectivity index (χ0n) is 11.5. The molecule has 2 saturated heterocycles. The Morgan fingerprint density at radius 2 is 2.40 bits per heavy atom. The molecule has 0 bridgehead atoms. The maximum Gasteiger partial charge on any atom is 0.101 e. The maximum absolute atomic E-state index is 8.85. The van der Waals surface area contributed by atoms with Gasteiger partial charge in [-0.2, -0.15) is 5.26 Å². The van der Waals surface area contributed by atoms with Gasteiger partial charge in [0.05, 0.1) is 24.0 Å². The minimum atomic E-state index is 0.223. The molecule has 2 atom stereocenters. The Hall–Kier alpha value is -1.77. The van der Waals surface area contributed by atoms with Gasteiger partial charge in [0.15, 0.2) is 0 Å². The number of nitriles is 1. The minimum absolute atomic E-state index is 0.223. The van der Waals surface area contributed by atoms with Crippen LogP contribution in [0.15, 0.2) is 18.2 Å². The molecule has 2 aliphatic rings. The number of benzene rings is 1. The van der Waals surface area contributed by atoms with Crippen LogP contribution in [0.1, 0.15) is 18.4 Å². The van der Waals surface area contributed by atoms with E-state index in [1.807, 2.05) is 6.07 Å². The summed E-state index contributed by atoms with van der Waals surface area (Å²) >= 11 is 0. The van der Waals surface area contributed by atoms with E-state index in [-0.39, 0.29) is 6.10 Å². The molecule has 1 aromatic carbocycles. The Morgan fingerprint density at radius 1 is 1.50 bits per heavy atom. The zero-order chi connectivity index (χ0) is 13.9. The molecule has 0 amide bonds. The third-order valence-corrected chi connectivity index (χ3v) is 4.17. The van der Waals surface area contributed by atoms with Crippen LogP contribution < -0.4 is 11.1 Å². The van der Waals surface area contributed by atoms with Crippen LogP contribution in [0.2, 0.25) is 0 Å². The van der Waals surface area contributed by atoms with Crippen LogP contribution in [0.4, 0.5) is 11.4 Å². The van der Waals surface area contributed by atoms with Crippen molar-refractivity contribution in [3.8, 4) is 6.07 Å². The number of morpholine rings is 1. The molecule has 1 aromatic rings. The standard InChI is InChI=1S/C15H20N4O/c16-7-11-3-4-12(6-15(11)17)18-8-14-9-19-5-1-2-13(19)10-20-14/h3-4,6,13-14,18H,1-2,5,8-10,17H2. The fraction of sp³-hybridized carbons (Fsp3) is 0.533. The first-order valence-corrected chi connectivity index (χ1v) is 7.15. The van der Waals surface area contributed by atoms with Crippen LogP contribution in [-0.2, 0) is 4.74 Å².